The Balaban J connectivity index is 2.09. The van der Waals surface area contributed by atoms with Crippen molar-refractivity contribution in [2.45, 2.75) is 37.0 Å². The van der Waals surface area contributed by atoms with Crippen LogP contribution in [0.5, 0.6) is 0 Å². The lowest BCUT2D eigenvalue weighted by Crippen LogP contribution is -2.34. The number of nitrogens with one attached hydrogen (secondary N) is 1. The van der Waals surface area contributed by atoms with E-state index < -0.39 is 9.84 Å². The Morgan fingerprint density at radius 1 is 1.37 bits per heavy atom. The molecule has 1 N–H and O–H groups in total. The maximum atomic E-state index is 11.6. The molecule has 1 heterocycles. The zero-order valence-electron chi connectivity index (χ0n) is 10.7. The SMILES string of the molecule is CS(=O)(=O)[C@@H]1CCC[C@@H](Nc2nccnc2C#N)C1. The lowest BCUT2D eigenvalue weighted by molar-refractivity contribution is 0.452. The van der Waals surface area contributed by atoms with Crippen molar-refractivity contribution in [3.63, 3.8) is 0 Å². The molecule has 7 heteroatoms. The average Bonchev–Trinajstić information content (AvgIpc) is 2.39. The van der Waals surface area contributed by atoms with Crippen molar-refractivity contribution >= 4 is 15.7 Å². The zero-order chi connectivity index (χ0) is 13.9. The molecule has 1 fully saturated rings. The average molecular weight is 280 g/mol. The van der Waals surface area contributed by atoms with E-state index in [0.717, 1.165) is 12.8 Å². The van der Waals surface area contributed by atoms with Crippen LogP contribution in [0.4, 0.5) is 5.82 Å². The quantitative estimate of drug-likeness (QED) is 0.891. The summed E-state index contributed by atoms with van der Waals surface area (Å²) in [5.74, 6) is 0.434. The van der Waals surface area contributed by atoms with Crippen LogP contribution in [0.15, 0.2) is 12.4 Å². The van der Waals surface area contributed by atoms with Crippen molar-refractivity contribution < 1.29 is 8.42 Å². The van der Waals surface area contributed by atoms with Gasteiger partial charge in [0.2, 0.25) is 0 Å². The van der Waals surface area contributed by atoms with E-state index in [-0.39, 0.29) is 17.0 Å². The first kappa shape index (κ1) is 13.7. The van der Waals surface area contributed by atoms with E-state index >= 15 is 0 Å². The number of nitrogens with zero attached hydrogens (tertiary/aromatic N) is 3. The number of nitriles is 1. The van der Waals surface area contributed by atoms with Crippen molar-refractivity contribution in [2.24, 2.45) is 0 Å². The Labute approximate surface area is 112 Å². The normalized spacial score (nSPS) is 23.6. The van der Waals surface area contributed by atoms with Crippen LogP contribution in [-0.2, 0) is 9.84 Å². The van der Waals surface area contributed by atoms with Crippen LogP contribution in [0.2, 0.25) is 0 Å². The standard InChI is InChI=1S/C12H16N4O2S/c1-19(17,18)10-4-2-3-9(7-10)16-12-11(8-13)14-5-6-15-12/h5-6,9-10H,2-4,7H2,1H3,(H,15,16)/t9-,10-/m1/s1. The fourth-order valence-corrected chi connectivity index (χ4v) is 3.56. The molecule has 0 unspecified atom stereocenters. The van der Waals surface area contributed by atoms with Gasteiger partial charge in [-0.3, -0.25) is 0 Å². The van der Waals surface area contributed by atoms with E-state index in [9.17, 15) is 8.42 Å². The van der Waals surface area contributed by atoms with Gasteiger partial charge in [-0.05, 0) is 19.3 Å². The molecule has 1 aliphatic rings. The van der Waals surface area contributed by atoms with E-state index in [4.69, 9.17) is 5.26 Å². The molecule has 1 saturated carbocycles. The first-order valence-electron chi connectivity index (χ1n) is 6.17. The zero-order valence-corrected chi connectivity index (χ0v) is 11.5. The predicted molar refractivity (Wildman–Crippen MR) is 71.3 cm³/mol. The third kappa shape index (κ3) is 3.41. The van der Waals surface area contributed by atoms with Crippen LogP contribution < -0.4 is 5.32 Å². The summed E-state index contributed by atoms with van der Waals surface area (Å²) in [7, 11) is -3.01. The molecule has 1 aromatic rings. The monoisotopic (exact) mass is 280 g/mol. The van der Waals surface area contributed by atoms with Gasteiger partial charge in [-0.1, -0.05) is 6.42 Å². The van der Waals surface area contributed by atoms with Crippen molar-refractivity contribution in [3.05, 3.63) is 18.1 Å². The Kier molecular flexibility index (Phi) is 4.00. The van der Waals surface area contributed by atoms with E-state index in [1.165, 1.54) is 18.6 Å². The minimum absolute atomic E-state index is 0.0253. The van der Waals surface area contributed by atoms with Crippen LogP contribution in [0.25, 0.3) is 0 Å². The molecule has 1 aliphatic carbocycles. The summed E-state index contributed by atoms with van der Waals surface area (Å²) in [6.07, 6.45) is 7.26. The van der Waals surface area contributed by atoms with Crippen LogP contribution in [0.3, 0.4) is 0 Å². The van der Waals surface area contributed by atoms with Gasteiger partial charge in [0.15, 0.2) is 11.5 Å². The molecular formula is C12H16N4O2S. The highest BCUT2D eigenvalue weighted by Crippen LogP contribution is 2.26. The summed E-state index contributed by atoms with van der Waals surface area (Å²) in [5.41, 5.74) is 0.240. The molecule has 0 saturated heterocycles. The van der Waals surface area contributed by atoms with Gasteiger partial charge in [0.05, 0.1) is 5.25 Å². The first-order valence-corrected chi connectivity index (χ1v) is 8.12. The Morgan fingerprint density at radius 3 is 2.79 bits per heavy atom. The van der Waals surface area contributed by atoms with Gasteiger partial charge in [-0.2, -0.15) is 5.26 Å². The van der Waals surface area contributed by atoms with Crippen LogP contribution >= 0.6 is 0 Å². The van der Waals surface area contributed by atoms with Gasteiger partial charge in [0.1, 0.15) is 15.9 Å². The molecule has 6 nitrogen and oxygen atoms in total. The Hall–Kier alpha value is -1.68. The predicted octanol–water partition coefficient (Wildman–Crippen LogP) is 1.12. The van der Waals surface area contributed by atoms with Crippen LogP contribution in [0.1, 0.15) is 31.4 Å². The lowest BCUT2D eigenvalue weighted by atomic mass is 9.95. The van der Waals surface area contributed by atoms with Crippen LogP contribution in [-0.4, -0.2) is 35.9 Å². The molecule has 0 bridgehead atoms. The van der Waals surface area contributed by atoms with Gasteiger partial charge in [-0.15, -0.1) is 0 Å². The molecule has 0 spiro atoms. The van der Waals surface area contributed by atoms with Gasteiger partial charge in [0, 0.05) is 24.7 Å². The maximum absolute atomic E-state index is 11.6. The van der Waals surface area contributed by atoms with Crippen molar-refractivity contribution in [1.29, 1.82) is 5.26 Å². The van der Waals surface area contributed by atoms with Crippen molar-refractivity contribution in [2.75, 3.05) is 11.6 Å². The fourth-order valence-electron chi connectivity index (χ4n) is 2.38. The molecule has 0 aliphatic heterocycles. The number of hydrogen-bond donors (Lipinski definition) is 1. The molecule has 0 aromatic carbocycles. The van der Waals surface area contributed by atoms with E-state index in [1.54, 1.807) is 0 Å². The van der Waals surface area contributed by atoms with Gasteiger partial charge in [0.25, 0.3) is 0 Å². The highest BCUT2D eigenvalue weighted by atomic mass is 32.2. The van der Waals surface area contributed by atoms with Crippen LogP contribution in [0, 0.1) is 11.3 Å². The number of sulfone groups is 1. The van der Waals surface area contributed by atoms with E-state index in [1.807, 2.05) is 6.07 Å². The highest BCUT2D eigenvalue weighted by Gasteiger charge is 2.29. The molecule has 1 aromatic heterocycles. The smallest absolute Gasteiger partial charge is 0.182 e. The molecule has 0 amide bonds. The van der Waals surface area contributed by atoms with Crippen molar-refractivity contribution in [3.8, 4) is 6.07 Å². The number of rotatable bonds is 3. The number of anilines is 1. The second kappa shape index (κ2) is 5.53. The molecule has 19 heavy (non-hydrogen) atoms. The topological polar surface area (TPSA) is 95.7 Å². The second-order valence-electron chi connectivity index (χ2n) is 4.82. The minimum Gasteiger partial charge on any atom is -0.365 e. The highest BCUT2D eigenvalue weighted by molar-refractivity contribution is 7.91. The molecule has 2 rings (SSSR count). The summed E-state index contributed by atoms with van der Waals surface area (Å²) in [6.45, 7) is 0. The Morgan fingerprint density at radius 2 is 2.11 bits per heavy atom. The largest absolute Gasteiger partial charge is 0.365 e. The lowest BCUT2D eigenvalue weighted by Gasteiger charge is -2.29. The first-order chi connectivity index (χ1) is 9.00. The van der Waals surface area contributed by atoms with E-state index in [2.05, 4.69) is 15.3 Å². The van der Waals surface area contributed by atoms with Gasteiger partial charge < -0.3 is 5.32 Å². The molecule has 0 radical (unpaired) electrons. The fraction of sp³-hybridized carbons (Fsp3) is 0.583. The van der Waals surface area contributed by atoms with Crippen molar-refractivity contribution in [1.82, 2.24) is 9.97 Å². The number of hydrogen-bond acceptors (Lipinski definition) is 6. The minimum atomic E-state index is -3.01. The third-order valence-corrected chi connectivity index (χ3v) is 5.02. The number of aromatic nitrogens is 2. The molecule has 2 atom stereocenters. The summed E-state index contributed by atoms with van der Waals surface area (Å²) in [5, 5.41) is 11.8. The van der Waals surface area contributed by atoms with Gasteiger partial charge in [-0.25, -0.2) is 18.4 Å². The van der Waals surface area contributed by atoms with E-state index in [0.29, 0.717) is 18.7 Å². The molecular weight excluding hydrogens is 264 g/mol. The summed E-state index contributed by atoms with van der Waals surface area (Å²) in [6, 6.07) is 2.00. The maximum Gasteiger partial charge on any atom is 0.182 e. The summed E-state index contributed by atoms with van der Waals surface area (Å²) < 4.78 is 23.2. The summed E-state index contributed by atoms with van der Waals surface area (Å²) >= 11 is 0. The molecule has 102 valence electrons. The van der Waals surface area contributed by atoms with Gasteiger partial charge >= 0.3 is 0 Å². The third-order valence-electron chi connectivity index (χ3n) is 3.38. The second-order valence-corrected chi connectivity index (χ2v) is 7.15. The Bertz CT molecular complexity index is 594. The summed E-state index contributed by atoms with van der Waals surface area (Å²) in [4.78, 5) is 8.01.